The minimum Gasteiger partial charge on any atom is -0.497 e. The second-order valence-corrected chi connectivity index (χ2v) is 7.27. The molecule has 1 heterocycles. The van der Waals surface area contributed by atoms with Crippen molar-refractivity contribution in [2.45, 2.75) is 40.2 Å². The first-order valence-corrected chi connectivity index (χ1v) is 11.3. The van der Waals surface area contributed by atoms with Gasteiger partial charge in [-0.25, -0.2) is 4.79 Å². The van der Waals surface area contributed by atoms with Crippen LogP contribution in [0.25, 0.3) is 0 Å². The van der Waals surface area contributed by atoms with Crippen molar-refractivity contribution < 1.29 is 19.1 Å². The third-order valence-electron chi connectivity index (χ3n) is 5.25. The number of esters is 1. The molecule has 1 atom stereocenters. The Kier molecular flexibility index (Phi) is 9.94. The SMILES string of the molecule is CC.CCOC(=O)C(NC)C1=C(Nc2ccc(OC)cc2)C(=O)N(c2ccc(C)cc2)CC1. The third kappa shape index (κ3) is 6.35. The lowest BCUT2D eigenvalue weighted by Crippen LogP contribution is -2.46. The van der Waals surface area contributed by atoms with Crippen molar-refractivity contribution >= 4 is 23.3 Å². The zero-order chi connectivity index (χ0) is 24.4. The molecule has 178 valence electrons. The van der Waals surface area contributed by atoms with Gasteiger partial charge in [-0.1, -0.05) is 31.5 Å². The van der Waals surface area contributed by atoms with Crippen molar-refractivity contribution in [3.8, 4) is 5.75 Å². The van der Waals surface area contributed by atoms with Gasteiger partial charge in [0, 0.05) is 17.9 Å². The average Bonchev–Trinajstić information content (AvgIpc) is 2.84. The minimum atomic E-state index is -0.704. The van der Waals surface area contributed by atoms with Crippen LogP contribution in [0.5, 0.6) is 5.75 Å². The molecule has 2 aromatic carbocycles. The number of benzene rings is 2. The molecule has 7 heteroatoms. The highest BCUT2D eigenvalue weighted by molar-refractivity contribution is 6.09. The van der Waals surface area contributed by atoms with E-state index in [1.807, 2.05) is 69.3 Å². The van der Waals surface area contributed by atoms with Crippen LogP contribution >= 0.6 is 0 Å². The van der Waals surface area contributed by atoms with Gasteiger partial charge in [-0.15, -0.1) is 0 Å². The van der Waals surface area contributed by atoms with Gasteiger partial charge in [-0.3, -0.25) is 4.79 Å². The number of ether oxygens (including phenoxy) is 2. The summed E-state index contributed by atoms with van der Waals surface area (Å²) in [7, 11) is 3.29. The lowest BCUT2D eigenvalue weighted by molar-refractivity contribution is -0.144. The zero-order valence-corrected chi connectivity index (χ0v) is 20.4. The summed E-state index contributed by atoms with van der Waals surface area (Å²) in [5, 5.41) is 6.25. The number of carbonyl (C=O) groups excluding carboxylic acids is 2. The van der Waals surface area contributed by atoms with Gasteiger partial charge in [-0.05, 0) is 69.3 Å². The Morgan fingerprint density at radius 2 is 1.73 bits per heavy atom. The van der Waals surface area contributed by atoms with E-state index in [9.17, 15) is 9.59 Å². The summed E-state index contributed by atoms with van der Waals surface area (Å²) >= 11 is 0. The molecule has 0 saturated carbocycles. The number of hydrogen-bond acceptors (Lipinski definition) is 6. The Bertz CT molecular complexity index is 953. The lowest BCUT2D eigenvalue weighted by atomic mass is 9.96. The van der Waals surface area contributed by atoms with Crippen LogP contribution in [0.1, 0.15) is 32.8 Å². The number of nitrogens with zero attached hydrogens (tertiary/aromatic N) is 1. The summed E-state index contributed by atoms with van der Waals surface area (Å²) in [5.74, 6) is 0.131. The van der Waals surface area contributed by atoms with Gasteiger partial charge >= 0.3 is 5.97 Å². The van der Waals surface area contributed by atoms with E-state index in [0.29, 0.717) is 24.2 Å². The molecular weight excluding hydrogens is 418 g/mol. The maximum atomic E-state index is 13.6. The molecule has 7 nitrogen and oxygen atoms in total. The van der Waals surface area contributed by atoms with Gasteiger partial charge in [-0.2, -0.15) is 0 Å². The smallest absolute Gasteiger partial charge is 0.327 e. The van der Waals surface area contributed by atoms with E-state index in [0.717, 1.165) is 22.7 Å². The predicted octanol–water partition coefficient (Wildman–Crippen LogP) is 4.28. The first-order chi connectivity index (χ1) is 16.0. The quantitative estimate of drug-likeness (QED) is 0.581. The van der Waals surface area contributed by atoms with Crippen LogP contribution in [0.4, 0.5) is 11.4 Å². The Morgan fingerprint density at radius 3 is 2.27 bits per heavy atom. The van der Waals surface area contributed by atoms with Crippen molar-refractivity contribution in [2.24, 2.45) is 0 Å². The largest absolute Gasteiger partial charge is 0.497 e. The van der Waals surface area contributed by atoms with Gasteiger partial charge in [0.1, 0.15) is 17.5 Å². The molecule has 0 aliphatic carbocycles. The van der Waals surface area contributed by atoms with Crippen molar-refractivity contribution in [2.75, 3.05) is 37.5 Å². The number of rotatable bonds is 8. The Morgan fingerprint density at radius 1 is 1.09 bits per heavy atom. The molecule has 0 aromatic heterocycles. The number of amides is 1. The molecule has 1 aliphatic rings. The van der Waals surface area contributed by atoms with E-state index in [4.69, 9.17) is 9.47 Å². The van der Waals surface area contributed by atoms with E-state index in [1.165, 1.54) is 0 Å². The van der Waals surface area contributed by atoms with Gasteiger partial charge in [0.15, 0.2) is 0 Å². The van der Waals surface area contributed by atoms with Crippen LogP contribution in [-0.2, 0) is 14.3 Å². The van der Waals surface area contributed by atoms with E-state index >= 15 is 0 Å². The van der Waals surface area contributed by atoms with Crippen LogP contribution in [-0.4, -0.2) is 45.2 Å². The van der Waals surface area contributed by atoms with Gasteiger partial charge in [0.25, 0.3) is 5.91 Å². The molecule has 0 bridgehead atoms. The number of nitrogens with one attached hydrogen (secondary N) is 2. The van der Waals surface area contributed by atoms with Gasteiger partial charge < -0.3 is 25.0 Å². The summed E-state index contributed by atoms with van der Waals surface area (Å²) in [4.78, 5) is 27.8. The van der Waals surface area contributed by atoms with Crippen molar-refractivity contribution in [1.82, 2.24) is 5.32 Å². The van der Waals surface area contributed by atoms with E-state index in [-0.39, 0.29) is 12.5 Å². The fourth-order valence-corrected chi connectivity index (χ4v) is 3.60. The van der Waals surface area contributed by atoms with Crippen LogP contribution in [0.2, 0.25) is 0 Å². The first kappa shape index (κ1) is 25.9. The van der Waals surface area contributed by atoms with Crippen LogP contribution in [0.3, 0.4) is 0 Å². The van der Waals surface area contributed by atoms with Crippen molar-refractivity contribution in [3.05, 3.63) is 65.4 Å². The molecule has 1 unspecified atom stereocenters. The molecular formula is C26H35N3O4. The average molecular weight is 454 g/mol. The molecule has 3 rings (SSSR count). The van der Waals surface area contributed by atoms with Gasteiger partial charge in [0.2, 0.25) is 0 Å². The Balaban J connectivity index is 0.00000187. The minimum absolute atomic E-state index is 0.189. The third-order valence-corrected chi connectivity index (χ3v) is 5.25. The molecule has 0 saturated heterocycles. The lowest BCUT2D eigenvalue weighted by Gasteiger charge is -2.33. The number of likely N-dealkylation sites (N-methyl/N-ethyl adjacent to an activating group) is 1. The monoisotopic (exact) mass is 453 g/mol. The standard InChI is InChI=1S/C24H29N3O4.C2H6/c1-5-31-24(29)22(25-3)20-14-15-27(18-10-6-16(2)7-11-18)23(28)21(20)26-17-8-12-19(30-4)13-9-17;1-2/h6-13,22,25-26H,5,14-15H2,1-4H3;1-2H3. The normalized spacial score (nSPS) is 14.2. The highest BCUT2D eigenvalue weighted by Crippen LogP contribution is 2.29. The van der Waals surface area contributed by atoms with E-state index in [1.54, 1.807) is 26.0 Å². The zero-order valence-electron chi connectivity index (χ0n) is 20.4. The summed E-state index contributed by atoms with van der Waals surface area (Å²) < 4.78 is 10.4. The fraction of sp³-hybridized carbons (Fsp3) is 0.385. The summed E-state index contributed by atoms with van der Waals surface area (Å²) in [6, 6.07) is 14.4. The summed E-state index contributed by atoms with van der Waals surface area (Å²) in [5.41, 5.74) is 3.74. The predicted molar refractivity (Wildman–Crippen MR) is 133 cm³/mol. The van der Waals surface area contributed by atoms with Crippen LogP contribution in [0, 0.1) is 6.92 Å². The second kappa shape index (κ2) is 12.6. The van der Waals surface area contributed by atoms with Crippen molar-refractivity contribution in [3.63, 3.8) is 0 Å². The maximum absolute atomic E-state index is 13.6. The second-order valence-electron chi connectivity index (χ2n) is 7.27. The summed E-state index contributed by atoms with van der Waals surface area (Å²) in [6.07, 6.45) is 0.530. The molecule has 0 fully saturated rings. The number of methoxy groups -OCH3 is 1. The number of aryl methyl sites for hydroxylation is 1. The number of anilines is 2. The highest BCUT2D eigenvalue weighted by atomic mass is 16.5. The Hall–Kier alpha value is -3.32. The Labute approximate surface area is 196 Å². The molecule has 1 aliphatic heterocycles. The van der Waals surface area contributed by atoms with Gasteiger partial charge in [0.05, 0.1) is 13.7 Å². The van der Waals surface area contributed by atoms with E-state index < -0.39 is 12.0 Å². The van der Waals surface area contributed by atoms with E-state index in [2.05, 4.69) is 10.6 Å². The fourth-order valence-electron chi connectivity index (χ4n) is 3.60. The first-order valence-electron chi connectivity index (χ1n) is 11.3. The number of carbonyl (C=O) groups is 2. The summed E-state index contributed by atoms with van der Waals surface area (Å²) in [6.45, 7) is 8.52. The molecule has 33 heavy (non-hydrogen) atoms. The molecule has 2 N–H and O–H groups in total. The van der Waals surface area contributed by atoms with Crippen LogP contribution < -0.4 is 20.3 Å². The molecule has 0 spiro atoms. The molecule has 1 amide bonds. The highest BCUT2D eigenvalue weighted by Gasteiger charge is 2.34. The van der Waals surface area contributed by atoms with Crippen LogP contribution in [0.15, 0.2) is 59.8 Å². The molecule has 0 radical (unpaired) electrons. The number of hydrogen-bond donors (Lipinski definition) is 2. The molecule has 2 aromatic rings. The van der Waals surface area contributed by atoms with Crippen molar-refractivity contribution in [1.29, 1.82) is 0 Å². The topological polar surface area (TPSA) is 79.9 Å². The maximum Gasteiger partial charge on any atom is 0.327 e.